The van der Waals surface area contributed by atoms with Gasteiger partial charge in [0.15, 0.2) is 11.6 Å². The molecule has 1 aliphatic rings. The molecule has 5 rings (SSSR count). The van der Waals surface area contributed by atoms with Crippen LogP contribution in [0.15, 0.2) is 52.9 Å². The molecular formula is C33H40N6O5. The second-order valence-electron chi connectivity index (χ2n) is 11.7. The van der Waals surface area contributed by atoms with Crippen molar-refractivity contribution < 1.29 is 23.5 Å². The Bertz CT molecular complexity index is 1640. The number of nitrogens with one attached hydrogen (secondary N) is 2. The summed E-state index contributed by atoms with van der Waals surface area (Å²) in [5.74, 6) is 1.40. The van der Waals surface area contributed by atoms with E-state index in [0.29, 0.717) is 55.5 Å². The van der Waals surface area contributed by atoms with Crippen LogP contribution in [0.2, 0.25) is 0 Å². The van der Waals surface area contributed by atoms with E-state index in [4.69, 9.17) is 19.2 Å². The summed E-state index contributed by atoms with van der Waals surface area (Å²) in [7, 11) is 1.58. The largest absolute Gasteiger partial charge is 0.497 e. The molecule has 3 heterocycles. The second-order valence-corrected chi connectivity index (χ2v) is 11.7. The maximum Gasteiger partial charge on any atom is 0.289 e. The van der Waals surface area contributed by atoms with Gasteiger partial charge in [-0.15, -0.1) is 0 Å². The maximum atomic E-state index is 14.0. The van der Waals surface area contributed by atoms with Crippen LogP contribution in [0.25, 0.3) is 22.4 Å². The van der Waals surface area contributed by atoms with E-state index in [1.54, 1.807) is 22.8 Å². The summed E-state index contributed by atoms with van der Waals surface area (Å²) < 4.78 is 13.2. The molecule has 11 nitrogen and oxygen atoms in total. The van der Waals surface area contributed by atoms with Crippen LogP contribution in [-0.2, 0) is 16.1 Å². The summed E-state index contributed by atoms with van der Waals surface area (Å²) in [6.45, 7) is 8.68. The predicted octanol–water partition coefficient (Wildman–Crippen LogP) is 4.65. The Morgan fingerprint density at radius 1 is 1.09 bits per heavy atom. The topological polar surface area (TPSA) is 132 Å². The molecule has 0 aliphatic carbocycles. The first kappa shape index (κ1) is 30.8. The first-order valence-corrected chi connectivity index (χ1v) is 15.1. The fourth-order valence-electron chi connectivity index (χ4n) is 5.54. The van der Waals surface area contributed by atoms with Gasteiger partial charge in [-0.05, 0) is 44.7 Å². The molecule has 11 heteroatoms. The van der Waals surface area contributed by atoms with Gasteiger partial charge in [-0.3, -0.25) is 14.4 Å². The molecule has 3 amide bonds. The normalized spacial score (nSPS) is 18.5. The van der Waals surface area contributed by atoms with Crippen LogP contribution in [0.4, 0.5) is 0 Å². The van der Waals surface area contributed by atoms with E-state index in [-0.39, 0.29) is 35.8 Å². The van der Waals surface area contributed by atoms with Crippen molar-refractivity contribution in [2.45, 2.75) is 65.6 Å². The van der Waals surface area contributed by atoms with E-state index in [2.05, 4.69) is 10.6 Å². The number of methoxy groups -OCH3 is 1. The van der Waals surface area contributed by atoms with Gasteiger partial charge in [0.25, 0.3) is 5.91 Å². The van der Waals surface area contributed by atoms with Crippen LogP contribution >= 0.6 is 0 Å². The number of amides is 3. The van der Waals surface area contributed by atoms with Crippen LogP contribution in [0.5, 0.6) is 5.75 Å². The number of aryl methyl sites for hydroxylation is 1. The molecule has 2 atom stereocenters. The average molecular weight is 601 g/mol. The highest BCUT2D eigenvalue weighted by atomic mass is 16.5. The Hall–Kier alpha value is -4.67. The smallest absolute Gasteiger partial charge is 0.289 e. The lowest BCUT2D eigenvalue weighted by molar-refractivity contribution is -0.129. The Morgan fingerprint density at radius 2 is 1.86 bits per heavy atom. The number of carbonyl (C=O) groups is 3. The van der Waals surface area contributed by atoms with Crippen LogP contribution in [0, 0.1) is 12.8 Å². The number of benzene rings is 2. The van der Waals surface area contributed by atoms with Gasteiger partial charge in [-0.25, -0.2) is 9.67 Å². The van der Waals surface area contributed by atoms with Gasteiger partial charge in [-0.1, -0.05) is 44.2 Å². The maximum absolute atomic E-state index is 14.0. The van der Waals surface area contributed by atoms with E-state index >= 15 is 0 Å². The molecule has 2 N–H and O–H groups in total. The van der Waals surface area contributed by atoms with Gasteiger partial charge in [0.05, 0.1) is 19.7 Å². The van der Waals surface area contributed by atoms with Crippen LogP contribution < -0.4 is 15.4 Å². The molecule has 0 saturated carbocycles. The Labute approximate surface area is 257 Å². The van der Waals surface area contributed by atoms with Crippen molar-refractivity contribution in [3.05, 3.63) is 65.7 Å². The molecule has 0 saturated heterocycles. The van der Waals surface area contributed by atoms with Crippen molar-refractivity contribution in [3.63, 3.8) is 0 Å². The minimum atomic E-state index is -0.689. The minimum Gasteiger partial charge on any atom is -0.497 e. The molecule has 1 aliphatic heterocycles. The molecule has 2 aromatic carbocycles. The van der Waals surface area contributed by atoms with Crippen molar-refractivity contribution >= 4 is 28.7 Å². The second kappa shape index (κ2) is 13.3. The summed E-state index contributed by atoms with van der Waals surface area (Å²) in [5.41, 5.74) is 2.15. The molecule has 232 valence electrons. The molecule has 0 bridgehead atoms. The standard InChI is InChI=1S/C33H40N6O5/c1-20(2)18-26-32(41)34-22(4)31-36-30(23-10-7-6-8-11-23)37-39(31)17-16-38(15-9-12-28(40)35-26)33(42)29-21(3)25-14-13-24(43-5)19-27(25)44-29/h6-8,10-11,13-14,19-20,22,26H,9,12,15-18H2,1-5H3,(H,34,41)(H,35,40)/t22-,26-/m1/s1. The van der Waals surface area contributed by atoms with E-state index < -0.39 is 12.1 Å². The molecule has 2 aromatic heterocycles. The third-order valence-electron chi connectivity index (χ3n) is 7.88. The van der Waals surface area contributed by atoms with Crippen LogP contribution in [0.3, 0.4) is 0 Å². The fourth-order valence-corrected chi connectivity index (χ4v) is 5.54. The molecule has 44 heavy (non-hydrogen) atoms. The molecule has 0 radical (unpaired) electrons. The minimum absolute atomic E-state index is 0.171. The van der Waals surface area contributed by atoms with Crippen molar-refractivity contribution in [1.29, 1.82) is 0 Å². The van der Waals surface area contributed by atoms with E-state index in [0.717, 1.165) is 16.5 Å². The summed E-state index contributed by atoms with van der Waals surface area (Å²) >= 11 is 0. The molecule has 0 fully saturated rings. The van der Waals surface area contributed by atoms with E-state index in [1.807, 2.05) is 70.2 Å². The lowest BCUT2D eigenvalue weighted by atomic mass is 10.0. The first-order chi connectivity index (χ1) is 21.1. The van der Waals surface area contributed by atoms with E-state index in [1.165, 1.54) is 0 Å². The van der Waals surface area contributed by atoms with Gasteiger partial charge in [-0.2, -0.15) is 5.10 Å². The lowest BCUT2D eigenvalue weighted by Gasteiger charge is -2.25. The summed E-state index contributed by atoms with van der Waals surface area (Å²) in [6, 6.07) is 13.9. The summed E-state index contributed by atoms with van der Waals surface area (Å²) in [6.07, 6.45) is 1.08. The molecule has 0 spiro atoms. The van der Waals surface area contributed by atoms with Crippen molar-refractivity contribution in [3.8, 4) is 17.1 Å². The van der Waals surface area contributed by atoms with Crippen LogP contribution in [0.1, 0.15) is 68.0 Å². The summed E-state index contributed by atoms with van der Waals surface area (Å²) in [5, 5.41) is 11.6. The van der Waals surface area contributed by atoms with Gasteiger partial charge in [0.1, 0.15) is 23.2 Å². The zero-order chi connectivity index (χ0) is 31.4. The van der Waals surface area contributed by atoms with E-state index in [9.17, 15) is 14.4 Å². The number of nitrogens with zero attached hydrogens (tertiary/aromatic N) is 4. The molecule has 4 aromatic rings. The quantitative estimate of drug-likeness (QED) is 0.341. The molecule has 0 unspecified atom stereocenters. The number of hydrogen-bond donors (Lipinski definition) is 2. The van der Waals surface area contributed by atoms with Gasteiger partial charge in [0.2, 0.25) is 11.8 Å². The van der Waals surface area contributed by atoms with Crippen molar-refractivity contribution in [2.24, 2.45) is 5.92 Å². The fraction of sp³-hybridized carbons (Fsp3) is 0.424. The SMILES string of the molecule is COc1ccc2c(C)c(C(=O)N3CCCC(=O)N[C@H](CC(C)C)C(=O)N[C@H](C)c4nc(-c5ccccc5)nn4CC3)oc2c1. The molecular weight excluding hydrogens is 560 g/mol. The number of carbonyl (C=O) groups excluding carboxylic acids is 3. The van der Waals surface area contributed by atoms with Gasteiger partial charge < -0.3 is 24.7 Å². The number of ether oxygens (including phenoxy) is 1. The number of fused-ring (bicyclic) bond motifs is 2. The third-order valence-corrected chi connectivity index (χ3v) is 7.88. The monoisotopic (exact) mass is 600 g/mol. The third kappa shape index (κ3) is 6.77. The van der Waals surface area contributed by atoms with Crippen LogP contribution in [-0.4, -0.2) is 63.6 Å². The lowest BCUT2D eigenvalue weighted by Crippen LogP contribution is -2.48. The zero-order valence-electron chi connectivity index (χ0n) is 25.9. The first-order valence-electron chi connectivity index (χ1n) is 15.1. The van der Waals surface area contributed by atoms with Gasteiger partial charge >= 0.3 is 0 Å². The Kier molecular flexibility index (Phi) is 9.32. The average Bonchev–Trinajstić information content (AvgIpc) is 3.59. The highest BCUT2D eigenvalue weighted by Crippen LogP contribution is 2.30. The van der Waals surface area contributed by atoms with Gasteiger partial charge in [0, 0.05) is 42.1 Å². The van der Waals surface area contributed by atoms with Crippen molar-refractivity contribution in [1.82, 2.24) is 30.3 Å². The highest BCUT2D eigenvalue weighted by molar-refractivity contribution is 5.99. The van der Waals surface area contributed by atoms with Crippen molar-refractivity contribution in [2.75, 3.05) is 20.2 Å². The summed E-state index contributed by atoms with van der Waals surface area (Å²) in [4.78, 5) is 46.8. The highest BCUT2D eigenvalue weighted by Gasteiger charge is 2.28. The Morgan fingerprint density at radius 3 is 2.59 bits per heavy atom. The Balaban J connectivity index is 1.50. The number of aromatic nitrogens is 3. The number of furan rings is 1. The number of hydrogen-bond acceptors (Lipinski definition) is 7. The number of rotatable bonds is 5. The zero-order valence-corrected chi connectivity index (χ0v) is 25.9. The predicted molar refractivity (Wildman–Crippen MR) is 166 cm³/mol.